The molecular weight excluding hydrogens is 490 g/mol. The van der Waals surface area contributed by atoms with Gasteiger partial charge < -0.3 is 29.3 Å². The number of esters is 2. The number of aliphatic hydroxyl groups excluding tert-OH is 1. The van der Waals surface area contributed by atoms with Gasteiger partial charge >= 0.3 is 11.9 Å². The van der Waals surface area contributed by atoms with Crippen molar-refractivity contribution in [2.45, 2.75) is 95.2 Å². The number of carbonyl (C=O) groups excluding carboxylic acids is 3. The fourth-order valence-electron chi connectivity index (χ4n) is 6.83. The molecule has 1 aromatic carbocycles. The van der Waals surface area contributed by atoms with Crippen LogP contribution in [0.3, 0.4) is 0 Å². The van der Waals surface area contributed by atoms with Crippen molar-refractivity contribution in [3.63, 3.8) is 0 Å². The van der Waals surface area contributed by atoms with Crippen LogP contribution in [0, 0.1) is 5.92 Å². The van der Waals surface area contributed by atoms with Gasteiger partial charge in [-0.1, -0.05) is 26.0 Å². The Morgan fingerprint density at radius 3 is 2.68 bits per heavy atom. The minimum absolute atomic E-state index is 0.0393. The van der Waals surface area contributed by atoms with Crippen LogP contribution in [-0.2, 0) is 42.3 Å². The van der Waals surface area contributed by atoms with E-state index in [1.807, 2.05) is 33.0 Å². The molecule has 0 aromatic heterocycles. The van der Waals surface area contributed by atoms with Crippen molar-refractivity contribution in [2.24, 2.45) is 5.92 Å². The Labute approximate surface area is 222 Å². The molecule has 1 saturated heterocycles. The van der Waals surface area contributed by atoms with Crippen molar-refractivity contribution in [3.8, 4) is 5.75 Å². The molecule has 0 saturated carbocycles. The van der Waals surface area contributed by atoms with Crippen molar-refractivity contribution in [1.29, 1.82) is 0 Å². The molecular formula is C29H37NO8. The highest BCUT2D eigenvalue weighted by atomic mass is 16.6. The Morgan fingerprint density at radius 1 is 1.21 bits per heavy atom. The number of ether oxygens (including phenoxy) is 3. The van der Waals surface area contributed by atoms with Crippen LogP contribution < -0.4 is 4.74 Å². The second-order valence-electron chi connectivity index (χ2n) is 11.4. The van der Waals surface area contributed by atoms with Gasteiger partial charge in [0.05, 0.1) is 17.6 Å². The van der Waals surface area contributed by atoms with Crippen molar-refractivity contribution < 1.29 is 38.8 Å². The molecule has 1 aromatic rings. The molecule has 2 N–H and O–H groups in total. The number of carbonyl (C=O) groups is 3. The average Bonchev–Trinajstić information content (AvgIpc) is 3.23. The van der Waals surface area contributed by atoms with Crippen LogP contribution >= 0.6 is 0 Å². The van der Waals surface area contributed by atoms with Gasteiger partial charge in [0.25, 0.3) is 0 Å². The minimum Gasteiger partial charge on any atom is -0.481 e. The van der Waals surface area contributed by atoms with Gasteiger partial charge in [0, 0.05) is 42.3 Å². The summed E-state index contributed by atoms with van der Waals surface area (Å²) in [4.78, 5) is 39.2. The topological polar surface area (TPSA) is 123 Å². The molecule has 1 fully saturated rings. The number of nitrogens with zero attached hydrogens (tertiary/aromatic N) is 1. The lowest BCUT2D eigenvalue weighted by atomic mass is 9.50. The number of likely N-dealkylation sites (tertiary alicyclic amines) is 1. The fraction of sp³-hybridized carbons (Fsp3) is 0.621. The summed E-state index contributed by atoms with van der Waals surface area (Å²) in [7, 11) is 2.02. The highest BCUT2D eigenvalue weighted by Crippen LogP contribution is 2.64. The number of rotatable bonds is 9. The first-order valence-corrected chi connectivity index (χ1v) is 13.5. The standard InChI is InChI=1S/C29H37NO8/c1-16(2)20(32)6-5-7-23(33)36-17(3)27(34)37-21-10-11-29(35)22-14-18-8-9-19(15-31)25-24(18)28(29,26(21)38-25)12-13-30(22)4/h8-10,16-17,22,26,31,35H,5-7,11-15H2,1-4H3/t17-,22+,26?,28?,29+/m0/s1. The molecule has 38 heavy (non-hydrogen) atoms. The summed E-state index contributed by atoms with van der Waals surface area (Å²) in [6.45, 7) is 5.62. The predicted octanol–water partition coefficient (Wildman–Crippen LogP) is 2.33. The summed E-state index contributed by atoms with van der Waals surface area (Å²) in [5.74, 6) is -0.441. The van der Waals surface area contributed by atoms with Gasteiger partial charge in [0.15, 0.2) is 12.2 Å². The first-order valence-electron chi connectivity index (χ1n) is 13.5. The Morgan fingerprint density at radius 2 is 1.97 bits per heavy atom. The highest BCUT2D eigenvalue weighted by Gasteiger charge is 2.71. The number of aliphatic hydroxyl groups is 2. The quantitative estimate of drug-likeness (QED) is 0.466. The molecule has 4 aliphatic rings. The Bertz CT molecular complexity index is 1190. The highest BCUT2D eigenvalue weighted by molar-refractivity contribution is 5.82. The fourth-order valence-corrected chi connectivity index (χ4v) is 6.83. The van der Waals surface area contributed by atoms with Gasteiger partial charge in [-0.15, -0.1) is 0 Å². The van der Waals surface area contributed by atoms with Crippen molar-refractivity contribution in [2.75, 3.05) is 13.6 Å². The van der Waals surface area contributed by atoms with Crippen molar-refractivity contribution in [1.82, 2.24) is 4.90 Å². The molecule has 5 atom stereocenters. The lowest BCUT2D eigenvalue weighted by Crippen LogP contribution is -2.74. The van der Waals surface area contributed by atoms with E-state index in [-0.39, 0.29) is 43.6 Å². The van der Waals surface area contributed by atoms with E-state index in [9.17, 15) is 24.6 Å². The Kier molecular flexibility index (Phi) is 6.90. The van der Waals surface area contributed by atoms with E-state index in [0.717, 1.165) is 17.7 Å². The van der Waals surface area contributed by atoms with Crippen LogP contribution in [0.5, 0.6) is 5.75 Å². The maximum absolute atomic E-state index is 13.0. The largest absolute Gasteiger partial charge is 0.481 e. The van der Waals surface area contributed by atoms with Gasteiger partial charge in [-0.05, 0) is 51.4 Å². The predicted molar refractivity (Wildman–Crippen MR) is 136 cm³/mol. The Hall–Kier alpha value is -2.75. The molecule has 2 bridgehead atoms. The first-order chi connectivity index (χ1) is 18.0. The molecule has 0 radical (unpaired) electrons. The normalized spacial score (nSPS) is 29.7. The van der Waals surface area contributed by atoms with Crippen LogP contribution in [0.25, 0.3) is 0 Å². The number of benzene rings is 1. The number of likely N-dealkylation sites (N-methyl/N-ethyl adjacent to an activating group) is 1. The molecule has 9 heteroatoms. The molecule has 9 nitrogen and oxygen atoms in total. The zero-order valence-electron chi connectivity index (χ0n) is 22.5. The minimum atomic E-state index is -1.15. The number of ketones is 1. The van der Waals surface area contributed by atoms with Gasteiger partial charge in [0.1, 0.15) is 17.3 Å². The summed E-state index contributed by atoms with van der Waals surface area (Å²) < 4.78 is 17.5. The molecule has 2 aliphatic carbocycles. The zero-order valence-corrected chi connectivity index (χ0v) is 22.5. The summed E-state index contributed by atoms with van der Waals surface area (Å²) in [5, 5.41) is 22.2. The lowest BCUT2D eigenvalue weighted by molar-refractivity contribution is -0.175. The summed E-state index contributed by atoms with van der Waals surface area (Å²) in [6.07, 6.45) is 2.07. The SMILES string of the molecule is CC(C)C(=O)CCCC(=O)O[C@@H](C)C(=O)OC1=CC[C@@]2(O)[C@H]3Cc4ccc(CO)c5c4C2(CCN3C)C1O5. The maximum Gasteiger partial charge on any atom is 0.352 e. The second-order valence-corrected chi connectivity index (χ2v) is 11.4. The third-order valence-corrected chi connectivity index (χ3v) is 8.93. The summed E-state index contributed by atoms with van der Waals surface area (Å²) >= 11 is 0. The molecule has 2 aliphatic heterocycles. The maximum atomic E-state index is 13.0. The smallest absolute Gasteiger partial charge is 0.352 e. The van der Waals surface area contributed by atoms with Gasteiger partial charge in [-0.2, -0.15) is 0 Å². The third-order valence-electron chi connectivity index (χ3n) is 8.93. The second kappa shape index (κ2) is 9.77. The van der Waals surface area contributed by atoms with E-state index in [0.29, 0.717) is 36.3 Å². The van der Waals surface area contributed by atoms with Gasteiger partial charge in [0.2, 0.25) is 0 Å². The molecule has 1 spiro atoms. The van der Waals surface area contributed by atoms with E-state index in [1.54, 1.807) is 6.08 Å². The number of hydrogen-bond acceptors (Lipinski definition) is 9. The van der Waals surface area contributed by atoms with Gasteiger partial charge in [-0.25, -0.2) is 4.79 Å². The van der Waals surface area contributed by atoms with Crippen molar-refractivity contribution in [3.05, 3.63) is 40.7 Å². The average molecular weight is 528 g/mol. The van der Waals surface area contributed by atoms with E-state index >= 15 is 0 Å². The van der Waals surface area contributed by atoms with Crippen LogP contribution in [0.1, 0.15) is 69.6 Å². The van der Waals surface area contributed by atoms with Crippen LogP contribution in [-0.4, -0.2) is 70.3 Å². The first kappa shape index (κ1) is 26.8. The van der Waals surface area contributed by atoms with Crippen LogP contribution in [0.2, 0.25) is 0 Å². The number of hydrogen-bond donors (Lipinski definition) is 2. The molecule has 2 unspecified atom stereocenters. The summed E-state index contributed by atoms with van der Waals surface area (Å²) in [5.41, 5.74) is 0.685. The van der Waals surface area contributed by atoms with E-state index in [4.69, 9.17) is 14.2 Å². The molecule has 2 heterocycles. The zero-order chi connectivity index (χ0) is 27.4. The molecule has 206 valence electrons. The van der Waals surface area contributed by atoms with E-state index < -0.39 is 35.2 Å². The number of Topliss-reactive ketones (excluding diaryl/α,β-unsaturated/α-hetero) is 1. The van der Waals surface area contributed by atoms with Gasteiger partial charge in [-0.3, -0.25) is 9.59 Å². The van der Waals surface area contributed by atoms with E-state index in [1.165, 1.54) is 6.92 Å². The Balaban J connectivity index is 1.35. The summed E-state index contributed by atoms with van der Waals surface area (Å²) in [6, 6.07) is 3.73. The number of piperidine rings is 1. The molecule has 0 amide bonds. The molecule has 5 rings (SSSR count). The third kappa shape index (κ3) is 3.98. The van der Waals surface area contributed by atoms with E-state index in [2.05, 4.69) is 4.90 Å². The van der Waals surface area contributed by atoms with Crippen LogP contribution in [0.4, 0.5) is 0 Å². The monoisotopic (exact) mass is 527 g/mol. The lowest BCUT2D eigenvalue weighted by Gasteiger charge is -2.61. The van der Waals surface area contributed by atoms with Crippen LogP contribution in [0.15, 0.2) is 24.0 Å². The van der Waals surface area contributed by atoms with Crippen molar-refractivity contribution >= 4 is 17.7 Å².